The highest BCUT2D eigenvalue weighted by atomic mass is 32.2. The predicted molar refractivity (Wildman–Crippen MR) is 164 cm³/mol. The fraction of sp³-hybridized carbons (Fsp3) is 0.235. The monoisotopic (exact) mass is 554 g/mol. The average Bonchev–Trinajstić information content (AvgIpc) is 3.51. The number of fused-ring (bicyclic) bond motifs is 1. The van der Waals surface area contributed by atoms with Gasteiger partial charge >= 0.3 is 0 Å². The lowest BCUT2D eigenvalue weighted by Gasteiger charge is -2.21. The molecule has 6 heteroatoms. The largest absolute Gasteiger partial charge is 0.345 e. The third-order valence-corrected chi connectivity index (χ3v) is 8.36. The highest BCUT2D eigenvalue weighted by Crippen LogP contribution is 2.36. The Morgan fingerprint density at radius 3 is 2.55 bits per heavy atom. The van der Waals surface area contributed by atoms with E-state index in [1.807, 2.05) is 30.3 Å². The molecule has 0 bridgehead atoms. The molecule has 0 spiro atoms. The van der Waals surface area contributed by atoms with Crippen LogP contribution in [0.4, 0.5) is 8.78 Å². The molecule has 1 amide bonds. The summed E-state index contributed by atoms with van der Waals surface area (Å²) < 4.78 is 27.5. The smallest absolute Gasteiger partial charge is 0.252 e. The lowest BCUT2D eigenvalue weighted by atomic mass is 9.86. The number of halogens is 2. The number of hydrogen-bond donors (Lipinski definition) is 1. The summed E-state index contributed by atoms with van der Waals surface area (Å²) in [5.41, 5.74) is 6.02. The minimum absolute atomic E-state index is 0.242. The molecule has 204 valence electrons. The summed E-state index contributed by atoms with van der Waals surface area (Å²) in [4.78, 5) is 18.7. The SMILES string of the molecule is C=C(C1=NCCS1)c1ccc2c(C(=O)N[C@H](C)c3ccc(F)c(F)c3)c(CCCC)c(-c3ccccc3)cc2c1. The van der Waals surface area contributed by atoms with E-state index in [1.54, 1.807) is 18.7 Å². The van der Waals surface area contributed by atoms with E-state index in [9.17, 15) is 13.6 Å². The molecule has 1 atom stereocenters. The second kappa shape index (κ2) is 12.2. The number of carbonyl (C=O) groups is 1. The van der Waals surface area contributed by atoms with Gasteiger partial charge in [-0.05, 0) is 82.6 Å². The molecule has 4 aromatic carbocycles. The first kappa shape index (κ1) is 27.8. The first-order chi connectivity index (χ1) is 19.4. The first-order valence-electron chi connectivity index (χ1n) is 13.6. The number of carbonyl (C=O) groups excluding carboxylic acids is 1. The van der Waals surface area contributed by atoms with Gasteiger partial charge in [-0.2, -0.15) is 0 Å². The van der Waals surface area contributed by atoms with Crippen molar-refractivity contribution in [1.82, 2.24) is 5.32 Å². The van der Waals surface area contributed by atoms with Crippen molar-refractivity contribution in [2.24, 2.45) is 4.99 Å². The molecular weight excluding hydrogens is 522 g/mol. The van der Waals surface area contributed by atoms with Crippen LogP contribution in [0.5, 0.6) is 0 Å². The molecule has 40 heavy (non-hydrogen) atoms. The van der Waals surface area contributed by atoms with E-state index < -0.39 is 17.7 Å². The van der Waals surface area contributed by atoms with E-state index in [0.717, 1.165) is 87.3 Å². The quantitative estimate of drug-likeness (QED) is 0.225. The lowest BCUT2D eigenvalue weighted by molar-refractivity contribution is 0.0940. The molecule has 5 rings (SSSR count). The Morgan fingerprint density at radius 2 is 1.85 bits per heavy atom. The zero-order valence-electron chi connectivity index (χ0n) is 22.8. The van der Waals surface area contributed by atoms with Crippen molar-refractivity contribution in [2.45, 2.75) is 39.2 Å². The summed E-state index contributed by atoms with van der Waals surface area (Å²) in [6.45, 7) is 9.02. The van der Waals surface area contributed by atoms with Crippen molar-refractivity contribution in [3.05, 3.63) is 113 Å². The van der Waals surface area contributed by atoms with Gasteiger partial charge in [-0.15, -0.1) is 11.8 Å². The summed E-state index contributed by atoms with van der Waals surface area (Å²) in [5, 5.41) is 5.80. The zero-order valence-corrected chi connectivity index (χ0v) is 23.6. The van der Waals surface area contributed by atoms with E-state index in [-0.39, 0.29) is 5.91 Å². The van der Waals surface area contributed by atoms with E-state index >= 15 is 0 Å². The number of nitrogens with one attached hydrogen (secondary N) is 1. The van der Waals surface area contributed by atoms with Crippen molar-refractivity contribution in [3.63, 3.8) is 0 Å². The summed E-state index contributed by atoms with van der Waals surface area (Å²) in [7, 11) is 0. The van der Waals surface area contributed by atoms with Crippen LogP contribution in [0, 0.1) is 11.6 Å². The van der Waals surface area contributed by atoms with Gasteiger partial charge in [-0.1, -0.05) is 68.5 Å². The highest BCUT2D eigenvalue weighted by molar-refractivity contribution is 8.15. The molecule has 1 aliphatic heterocycles. The number of aliphatic imine (C=N–C) groups is 1. The van der Waals surface area contributed by atoms with Gasteiger partial charge in [0.2, 0.25) is 0 Å². The van der Waals surface area contributed by atoms with Crippen molar-refractivity contribution < 1.29 is 13.6 Å². The third kappa shape index (κ3) is 5.73. The molecule has 0 saturated heterocycles. The number of thioether (sulfide) groups is 1. The van der Waals surface area contributed by atoms with E-state index in [4.69, 9.17) is 0 Å². The van der Waals surface area contributed by atoms with E-state index in [1.165, 1.54) is 6.07 Å². The van der Waals surface area contributed by atoms with Gasteiger partial charge in [-0.3, -0.25) is 9.79 Å². The number of nitrogens with zero attached hydrogens (tertiary/aromatic N) is 1. The molecule has 1 aliphatic rings. The molecule has 0 radical (unpaired) electrons. The minimum atomic E-state index is -0.934. The molecule has 1 heterocycles. The number of amides is 1. The lowest BCUT2D eigenvalue weighted by Crippen LogP contribution is -2.28. The molecule has 0 unspecified atom stereocenters. The Kier molecular flexibility index (Phi) is 8.46. The van der Waals surface area contributed by atoms with Gasteiger partial charge in [-0.25, -0.2) is 8.78 Å². The predicted octanol–water partition coefficient (Wildman–Crippen LogP) is 8.78. The fourth-order valence-corrected chi connectivity index (χ4v) is 6.01. The third-order valence-electron chi connectivity index (χ3n) is 7.32. The van der Waals surface area contributed by atoms with Crippen molar-refractivity contribution in [1.29, 1.82) is 0 Å². The van der Waals surface area contributed by atoms with Crippen molar-refractivity contribution in [2.75, 3.05) is 12.3 Å². The molecule has 4 aromatic rings. The summed E-state index contributed by atoms with van der Waals surface area (Å²) >= 11 is 1.71. The van der Waals surface area contributed by atoms with Gasteiger partial charge in [0.05, 0.1) is 16.6 Å². The van der Waals surface area contributed by atoms with Gasteiger partial charge in [0.1, 0.15) is 0 Å². The summed E-state index contributed by atoms with van der Waals surface area (Å²) in [5.74, 6) is -1.13. The standard InChI is InChI=1S/C34H32F2N2OS/c1-4-5-11-28-29(23-9-7-6-8-10-23)19-26-18-24(21(2)34-37-16-17-40-34)12-14-27(26)32(28)33(39)38-22(3)25-13-15-30(35)31(36)20-25/h6-10,12-15,18-20,22H,2,4-5,11,16-17H2,1,3H3,(H,38,39)/t22-/m1/s1. The van der Waals surface area contributed by atoms with Crippen LogP contribution in [0.1, 0.15) is 59.8 Å². The topological polar surface area (TPSA) is 41.5 Å². The maximum atomic E-state index is 14.1. The highest BCUT2D eigenvalue weighted by Gasteiger charge is 2.23. The van der Waals surface area contributed by atoms with Crippen molar-refractivity contribution >= 4 is 39.1 Å². The molecule has 3 nitrogen and oxygen atoms in total. The van der Waals surface area contributed by atoms with Crippen LogP contribution in [0.3, 0.4) is 0 Å². The summed E-state index contributed by atoms with van der Waals surface area (Å²) in [6, 6.07) is 21.6. The fourth-order valence-electron chi connectivity index (χ4n) is 5.16. The van der Waals surface area contributed by atoms with Crippen LogP contribution in [0.2, 0.25) is 0 Å². The minimum Gasteiger partial charge on any atom is -0.345 e. The van der Waals surface area contributed by atoms with E-state index in [0.29, 0.717) is 11.1 Å². The Hall–Kier alpha value is -3.77. The number of unbranched alkanes of at least 4 members (excludes halogenated alkanes) is 1. The number of hydrogen-bond acceptors (Lipinski definition) is 3. The van der Waals surface area contributed by atoms with Gasteiger partial charge in [0.15, 0.2) is 11.6 Å². The Morgan fingerprint density at radius 1 is 1.05 bits per heavy atom. The van der Waals surface area contributed by atoms with Crippen molar-refractivity contribution in [3.8, 4) is 11.1 Å². The van der Waals surface area contributed by atoms with Crippen LogP contribution in [-0.4, -0.2) is 23.2 Å². The maximum absolute atomic E-state index is 14.1. The second-order valence-corrected chi connectivity index (χ2v) is 11.1. The molecular formula is C34H32F2N2OS. The maximum Gasteiger partial charge on any atom is 0.252 e. The average molecular weight is 555 g/mol. The van der Waals surface area contributed by atoms with Crippen LogP contribution >= 0.6 is 11.8 Å². The Balaban J connectivity index is 1.66. The Labute approximate surface area is 238 Å². The Bertz CT molecular complexity index is 1610. The zero-order chi connectivity index (χ0) is 28.2. The van der Waals surface area contributed by atoms with Gasteiger partial charge in [0.25, 0.3) is 5.91 Å². The molecule has 0 aromatic heterocycles. The van der Waals surface area contributed by atoms with E-state index in [2.05, 4.69) is 48.1 Å². The molecule has 1 N–H and O–H groups in total. The molecule has 0 fully saturated rings. The number of rotatable bonds is 9. The van der Waals surface area contributed by atoms with Gasteiger partial charge < -0.3 is 5.32 Å². The van der Waals surface area contributed by atoms with Crippen LogP contribution < -0.4 is 5.32 Å². The van der Waals surface area contributed by atoms with Crippen LogP contribution in [-0.2, 0) is 6.42 Å². The molecule has 0 aliphatic carbocycles. The molecule has 0 saturated carbocycles. The normalized spacial score (nSPS) is 13.8. The first-order valence-corrected chi connectivity index (χ1v) is 14.6. The van der Waals surface area contributed by atoms with Crippen LogP contribution in [0.25, 0.3) is 27.5 Å². The second-order valence-electron chi connectivity index (χ2n) is 10.1. The van der Waals surface area contributed by atoms with Gasteiger partial charge in [0, 0.05) is 17.9 Å². The summed E-state index contributed by atoms with van der Waals surface area (Å²) in [6.07, 6.45) is 2.65. The number of benzene rings is 4. The van der Waals surface area contributed by atoms with Crippen LogP contribution in [0.15, 0.2) is 84.4 Å².